The van der Waals surface area contributed by atoms with E-state index in [1.54, 1.807) is 0 Å². The minimum absolute atomic E-state index is 0. The Morgan fingerprint density at radius 3 is 1.17 bits per heavy atom. The average molecular weight is 760 g/mol. The Bertz CT molecular complexity index is 2530. The van der Waals surface area contributed by atoms with Crippen molar-refractivity contribution in [3.63, 3.8) is 0 Å². The van der Waals surface area contributed by atoms with E-state index in [1.165, 1.54) is 87.6 Å². The zero-order valence-electron chi connectivity index (χ0n) is 32.0. The lowest BCUT2D eigenvalue weighted by molar-refractivity contribution is -0.919. The minimum Gasteiger partial charge on any atom is -1.00 e. The largest absolute Gasteiger partial charge is 1.00 e. The Morgan fingerprint density at radius 2 is 0.774 bits per heavy atom. The highest BCUT2D eigenvalue weighted by molar-refractivity contribution is 6.09. The predicted octanol–water partition coefficient (Wildman–Crippen LogP) is 9.65. The fourth-order valence-electron chi connectivity index (χ4n) is 7.98. The van der Waals surface area contributed by atoms with E-state index in [0.29, 0.717) is 0 Å². The summed E-state index contributed by atoms with van der Waals surface area (Å²) in [5.74, 6) is 0. The summed E-state index contributed by atoms with van der Waals surface area (Å²) < 4.78 is 1.05. The molecular formula is C50H51BrN2. The van der Waals surface area contributed by atoms with Gasteiger partial charge in [0.2, 0.25) is 0 Å². The van der Waals surface area contributed by atoms with Crippen LogP contribution in [0.1, 0.15) is 36.1 Å². The lowest BCUT2D eigenvalue weighted by Gasteiger charge is -2.33. The van der Waals surface area contributed by atoms with Crippen LogP contribution in [0, 0.1) is 13.8 Å². The highest BCUT2D eigenvalue weighted by Crippen LogP contribution is 2.41. The van der Waals surface area contributed by atoms with Gasteiger partial charge in [-0.05, 0) is 117 Å². The molecule has 0 saturated carbocycles. The number of quaternary nitrogens is 1. The van der Waals surface area contributed by atoms with Crippen LogP contribution in [0.2, 0.25) is 0 Å². The number of benzene rings is 8. The molecule has 0 fully saturated rings. The van der Waals surface area contributed by atoms with Crippen LogP contribution in [0.4, 0.5) is 0 Å². The van der Waals surface area contributed by atoms with E-state index in [1.807, 2.05) is 7.05 Å². The maximum absolute atomic E-state index is 3.33. The molecule has 0 amide bonds. The van der Waals surface area contributed by atoms with Crippen molar-refractivity contribution in [2.45, 2.75) is 40.8 Å². The molecule has 1 N–H and O–H groups in total. The van der Waals surface area contributed by atoms with Crippen molar-refractivity contribution < 1.29 is 21.5 Å². The number of hydrogen-bond donors (Lipinski definition) is 1. The van der Waals surface area contributed by atoms with Gasteiger partial charge in [-0.15, -0.1) is 0 Å². The number of nitrogens with zero attached hydrogens (tertiary/aromatic N) is 1. The van der Waals surface area contributed by atoms with Crippen molar-refractivity contribution in [3.8, 4) is 22.3 Å². The van der Waals surface area contributed by atoms with Gasteiger partial charge in [0.15, 0.2) is 0 Å². The zero-order chi connectivity index (χ0) is 36.2. The SMILES string of the molecule is CC[N+](C)(CC)Cc1ccc2ccccc2c1-c1c(C)ccc2ccccc12.CNCc1ccc2ccccc2c1-c1c(C)ccc2ccccc12.[Br-]. The molecule has 0 bridgehead atoms. The molecule has 8 aromatic rings. The van der Waals surface area contributed by atoms with Crippen LogP contribution < -0.4 is 22.3 Å². The molecular weight excluding hydrogens is 708 g/mol. The Morgan fingerprint density at radius 1 is 0.434 bits per heavy atom. The first-order valence-corrected chi connectivity index (χ1v) is 18.8. The first-order valence-electron chi connectivity index (χ1n) is 18.8. The standard InChI is InChI=1S/C27H30N.C23H21N.BrH/c1-5-28(4,6-2)19-23-18-17-22-12-8-10-14-25(22)27(23)26-20(3)15-16-21-11-7-9-13-24(21)26;1-16-11-12-17-7-3-5-9-20(17)22(16)23-19(15-24-2)14-13-18-8-4-6-10-21(18)23;/h7-18H,5-6,19H2,1-4H3;3-14,24H,15H2,1-2H3;1H/q+1;;/p-1. The van der Waals surface area contributed by atoms with Crippen molar-refractivity contribution in [2.75, 3.05) is 27.2 Å². The van der Waals surface area contributed by atoms with Crippen molar-refractivity contribution in [1.29, 1.82) is 0 Å². The maximum atomic E-state index is 3.33. The van der Waals surface area contributed by atoms with Gasteiger partial charge in [0.1, 0.15) is 6.54 Å². The fraction of sp³-hybridized carbons (Fsp3) is 0.200. The highest BCUT2D eigenvalue weighted by atomic mass is 79.9. The van der Waals surface area contributed by atoms with Gasteiger partial charge in [0, 0.05) is 12.1 Å². The third-order valence-electron chi connectivity index (χ3n) is 11.3. The van der Waals surface area contributed by atoms with Crippen LogP contribution in [-0.4, -0.2) is 31.7 Å². The number of aryl methyl sites for hydroxylation is 2. The fourth-order valence-corrected chi connectivity index (χ4v) is 7.98. The van der Waals surface area contributed by atoms with E-state index in [-0.39, 0.29) is 17.0 Å². The van der Waals surface area contributed by atoms with Crippen LogP contribution in [-0.2, 0) is 13.1 Å². The second-order valence-corrected chi connectivity index (χ2v) is 14.5. The minimum atomic E-state index is 0. The molecule has 0 heterocycles. The van der Waals surface area contributed by atoms with E-state index in [0.717, 1.165) is 30.7 Å². The molecule has 0 atom stereocenters. The molecule has 268 valence electrons. The second kappa shape index (κ2) is 16.5. The van der Waals surface area contributed by atoms with Gasteiger partial charge < -0.3 is 26.8 Å². The van der Waals surface area contributed by atoms with Crippen LogP contribution in [0.25, 0.3) is 65.3 Å². The van der Waals surface area contributed by atoms with Gasteiger partial charge in [-0.3, -0.25) is 0 Å². The zero-order valence-corrected chi connectivity index (χ0v) is 33.6. The second-order valence-electron chi connectivity index (χ2n) is 14.5. The molecule has 53 heavy (non-hydrogen) atoms. The third-order valence-corrected chi connectivity index (χ3v) is 11.3. The van der Waals surface area contributed by atoms with E-state index in [2.05, 4.69) is 186 Å². The van der Waals surface area contributed by atoms with E-state index in [9.17, 15) is 0 Å². The van der Waals surface area contributed by atoms with Gasteiger partial charge >= 0.3 is 0 Å². The summed E-state index contributed by atoms with van der Waals surface area (Å²) in [6.45, 7) is 13.3. The van der Waals surface area contributed by atoms with Crippen molar-refractivity contribution in [2.24, 2.45) is 0 Å². The molecule has 0 aliphatic carbocycles. The average Bonchev–Trinajstić information content (AvgIpc) is 3.19. The molecule has 8 rings (SSSR count). The molecule has 0 spiro atoms. The first-order chi connectivity index (χ1) is 25.4. The predicted molar refractivity (Wildman–Crippen MR) is 227 cm³/mol. The third kappa shape index (κ3) is 7.53. The van der Waals surface area contributed by atoms with E-state index < -0.39 is 0 Å². The molecule has 2 nitrogen and oxygen atoms in total. The summed E-state index contributed by atoms with van der Waals surface area (Å²) in [6.07, 6.45) is 0. The van der Waals surface area contributed by atoms with Gasteiger partial charge in [0.25, 0.3) is 0 Å². The van der Waals surface area contributed by atoms with Crippen molar-refractivity contribution in [3.05, 3.63) is 168 Å². The number of fused-ring (bicyclic) bond motifs is 4. The van der Waals surface area contributed by atoms with Gasteiger partial charge in [-0.2, -0.15) is 0 Å². The lowest BCUT2D eigenvalue weighted by Crippen LogP contribution is -3.00. The Balaban J connectivity index is 0.000000180. The smallest absolute Gasteiger partial charge is 0.105 e. The maximum Gasteiger partial charge on any atom is 0.105 e. The Labute approximate surface area is 326 Å². The molecule has 0 unspecified atom stereocenters. The molecule has 0 aliphatic rings. The summed E-state index contributed by atoms with van der Waals surface area (Å²) in [6, 6.07) is 53.1. The van der Waals surface area contributed by atoms with Gasteiger partial charge in [-0.1, -0.05) is 146 Å². The van der Waals surface area contributed by atoms with E-state index in [4.69, 9.17) is 0 Å². The number of rotatable bonds is 8. The lowest BCUT2D eigenvalue weighted by atomic mass is 9.87. The first kappa shape index (κ1) is 37.9. The van der Waals surface area contributed by atoms with Crippen LogP contribution in [0.15, 0.2) is 146 Å². The summed E-state index contributed by atoms with van der Waals surface area (Å²) in [5, 5.41) is 13.9. The van der Waals surface area contributed by atoms with Crippen LogP contribution in [0.5, 0.6) is 0 Å². The Kier molecular flexibility index (Phi) is 11.8. The molecule has 3 heteroatoms. The normalized spacial score (nSPS) is 11.4. The molecule has 0 saturated heterocycles. The molecule has 0 aromatic heterocycles. The van der Waals surface area contributed by atoms with Crippen LogP contribution >= 0.6 is 0 Å². The number of hydrogen-bond acceptors (Lipinski definition) is 1. The van der Waals surface area contributed by atoms with Crippen LogP contribution in [0.3, 0.4) is 0 Å². The van der Waals surface area contributed by atoms with Gasteiger partial charge in [-0.25, -0.2) is 0 Å². The Hall–Kier alpha value is -4.80. The summed E-state index contributed by atoms with van der Waals surface area (Å²) in [5.41, 5.74) is 11.0. The molecule has 8 aromatic carbocycles. The van der Waals surface area contributed by atoms with Crippen molar-refractivity contribution in [1.82, 2.24) is 5.32 Å². The summed E-state index contributed by atoms with van der Waals surface area (Å²) in [7, 11) is 4.38. The monoisotopic (exact) mass is 758 g/mol. The quantitative estimate of drug-likeness (QED) is 0.152. The number of halogens is 1. The molecule has 0 aliphatic heterocycles. The highest BCUT2D eigenvalue weighted by Gasteiger charge is 2.23. The van der Waals surface area contributed by atoms with Crippen molar-refractivity contribution >= 4 is 43.1 Å². The number of nitrogens with one attached hydrogen (secondary N) is 1. The molecule has 0 radical (unpaired) electrons. The van der Waals surface area contributed by atoms with Gasteiger partial charge in [0.05, 0.1) is 20.1 Å². The summed E-state index contributed by atoms with van der Waals surface area (Å²) in [4.78, 5) is 0. The summed E-state index contributed by atoms with van der Waals surface area (Å²) >= 11 is 0. The van der Waals surface area contributed by atoms with E-state index >= 15 is 0 Å². The topological polar surface area (TPSA) is 12.0 Å².